The number of fused-ring (bicyclic) bond motifs is 1. The van der Waals surface area contributed by atoms with E-state index in [2.05, 4.69) is 37.5 Å². The van der Waals surface area contributed by atoms with E-state index in [-0.39, 0.29) is 11.9 Å². The average Bonchev–Trinajstić information content (AvgIpc) is 3.43. The number of carbonyl (C=O) groups is 1. The Morgan fingerprint density at radius 3 is 2.81 bits per heavy atom. The maximum Gasteiger partial charge on any atom is 0.243 e. The Balaban J connectivity index is 1.42. The lowest BCUT2D eigenvalue weighted by atomic mass is 9.91. The molecule has 1 fully saturated rings. The minimum absolute atomic E-state index is 0.0988. The molecular weight excluding hydrogens is 424 g/mol. The molecule has 3 N–H and O–H groups in total. The molecule has 1 aliphatic rings. The summed E-state index contributed by atoms with van der Waals surface area (Å²) in [7, 11) is 4.09. The fourth-order valence-corrected chi connectivity index (χ4v) is 4.62. The van der Waals surface area contributed by atoms with E-state index >= 15 is 0 Å². The fourth-order valence-electron chi connectivity index (χ4n) is 3.83. The van der Waals surface area contributed by atoms with Gasteiger partial charge in [0.1, 0.15) is 5.82 Å². The number of anilines is 3. The van der Waals surface area contributed by atoms with Crippen molar-refractivity contribution in [3.05, 3.63) is 36.5 Å². The molecule has 10 heteroatoms. The molecule has 1 amide bonds. The molecule has 0 radical (unpaired) electrons. The number of nitrogens with zero attached hydrogens (tertiary/aromatic N) is 5. The van der Waals surface area contributed by atoms with E-state index < -0.39 is 0 Å². The van der Waals surface area contributed by atoms with Crippen molar-refractivity contribution in [3.8, 4) is 0 Å². The summed E-state index contributed by atoms with van der Waals surface area (Å²) >= 11 is 1.64. The first kappa shape index (κ1) is 22.2. The monoisotopic (exact) mass is 454 g/mol. The van der Waals surface area contributed by atoms with Crippen LogP contribution < -0.4 is 16.0 Å². The van der Waals surface area contributed by atoms with Crippen LogP contribution in [0.15, 0.2) is 36.5 Å². The summed E-state index contributed by atoms with van der Waals surface area (Å²) in [6, 6.07) is 2.54. The summed E-state index contributed by atoms with van der Waals surface area (Å²) in [6.07, 6.45) is 8.92. The Kier molecular flexibility index (Phi) is 7.01. The first-order valence-corrected chi connectivity index (χ1v) is 11.8. The Labute approximate surface area is 191 Å². The van der Waals surface area contributed by atoms with Crippen LogP contribution in [0.5, 0.6) is 0 Å². The maximum absolute atomic E-state index is 11.5. The Morgan fingerprint density at radius 1 is 1.28 bits per heavy atom. The van der Waals surface area contributed by atoms with Crippen LogP contribution in [0, 0.1) is 0 Å². The predicted molar refractivity (Wildman–Crippen MR) is 129 cm³/mol. The Morgan fingerprint density at radius 2 is 2.06 bits per heavy atom. The lowest BCUT2D eigenvalue weighted by Gasteiger charge is -2.29. The molecule has 3 aromatic rings. The lowest BCUT2D eigenvalue weighted by molar-refractivity contribution is -0.117. The van der Waals surface area contributed by atoms with Crippen molar-refractivity contribution >= 4 is 44.9 Å². The highest BCUT2D eigenvalue weighted by Crippen LogP contribution is 2.30. The molecule has 3 heterocycles. The summed E-state index contributed by atoms with van der Waals surface area (Å²) in [5.74, 6) is 1.31. The number of hydrogen-bond acceptors (Lipinski definition) is 8. The summed E-state index contributed by atoms with van der Waals surface area (Å²) in [6.45, 7) is 5.27. The van der Waals surface area contributed by atoms with Crippen LogP contribution in [0.1, 0.15) is 25.7 Å². The van der Waals surface area contributed by atoms with E-state index in [0.29, 0.717) is 12.0 Å². The predicted octanol–water partition coefficient (Wildman–Crippen LogP) is 3.22. The van der Waals surface area contributed by atoms with E-state index in [1.807, 2.05) is 36.4 Å². The molecule has 1 saturated carbocycles. The zero-order valence-corrected chi connectivity index (χ0v) is 19.4. The third kappa shape index (κ3) is 5.63. The van der Waals surface area contributed by atoms with Gasteiger partial charge in [-0.25, -0.2) is 4.98 Å². The Hall–Kier alpha value is -2.98. The minimum atomic E-state index is -0.0988. The molecular formula is C22H30N8OS. The fraction of sp³-hybridized carbons (Fsp3) is 0.455. The van der Waals surface area contributed by atoms with Crippen molar-refractivity contribution in [2.24, 2.45) is 0 Å². The highest BCUT2D eigenvalue weighted by atomic mass is 32.1. The van der Waals surface area contributed by atoms with Crippen LogP contribution in [0.2, 0.25) is 0 Å². The van der Waals surface area contributed by atoms with Gasteiger partial charge in [0.25, 0.3) is 0 Å². The van der Waals surface area contributed by atoms with Crippen LogP contribution in [-0.2, 0) is 11.3 Å². The maximum atomic E-state index is 11.5. The molecule has 0 atom stereocenters. The van der Waals surface area contributed by atoms with Gasteiger partial charge in [0.15, 0.2) is 0 Å². The number of rotatable bonds is 9. The smallest absolute Gasteiger partial charge is 0.243 e. The SMILES string of the molecule is C=CC(=O)N[C@H]1CC[C@@H](Nc2nc(Nc3cnn(CCN(C)C)c3)nc3ccsc23)CC1. The molecule has 0 spiro atoms. The molecule has 0 saturated heterocycles. The van der Waals surface area contributed by atoms with Crippen molar-refractivity contribution in [2.75, 3.05) is 31.3 Å². The van der Waals surface area contributed by atoms with Gasteiger partial charge in [0.05, 0.1) is 28.6 Å². The Bertz CT molecular complexity index is 1070. The minimum Gasteiger partial charge on any atom is -0.366 e. The molecule has 170 valence electrons. The van der Waals surface area contributed by atoms with Gasteiger partial charge in [0.2, 0.25) is 11.9 Å². The van der Waals surface area contributed by atoms with Crippen LogP contribution in [0.4, 0.5) is 17.5 Å². The van der Waals surface area contributed by atoms with E-state index in [1.54, 1.807) is 17.5 Å². The molecule has 1 aliphatic carbocycles. The van der Waals surface area contributed by atoms with Crippen LogP contribution >= 0.6 is 11.3 Å². The highest BCUT2D eigenvalue weighted by Gasteiger charge is 2.23. The van der Waals surface area contributed by atoms with Crippen molar-refractivity contribution < 1.29 is 4.79 Å². The van der Waals surface area contributed by atoms with Crippen LogP contribution in [0.3, 0.4) is 0 Å². The van der Waals surface area contributed by atoms with Gasteiger partial charge in [-0.05, 0) is 57.3 Å². The van der Waals surface area contributed by atoms with Crippen molar-refractivity contribution in [1.82, 2.24) is 30.0 Å². The number of carbonyl (C=O) groups excluding carboxylic acids is 1. The van der Waals surface area contributed by atoms with Crippen molar-refractivity contribution in [2.45, 2.75) is 44.3 Å². The van der Waals surface area contributed by atoms with Gasteiger partial charge < -0.3 is 20.9 Å². The van der Waals surface area contributed by atoms with Gasteiger partial charge in [-0.2, -0.15) is 10.1 Å². The molecule has 0 unspecified atom stereocenters. The zero-order chi connectivity index (χ0) is 22.5. The second-order valence-electron chi connectivity index (χ2n) is 8.36. The average molecular weight is 455 g/mol. The topological polar surface area (TPSA) is 100 Å². The van der Waals surface area contributed by atoms with Gasteiger partial charge >= 0.3 is 0 Å². The molecule has 0 aromatic carbocycles. The van der Waals surface area contributed by atoms with Crippen molar-refractivity contribution in [3.63, 3.8) is 0 Å². The normalized spacial score (nSPS) is 18.6. The highest BCUT2D eigenvalue weighted by molar-refractivity contribution is 7.17. The number of nitrogens with one attached hydrogen (secondary N) is 3. The van der Waals surface area contributed by atoms with E-state index in [1.165, 1.54) is 6.08 Å². The molecule has 32 heavy (non-hydrogen) atoms. The first-order chi connectivity index (χ1) is 15.5. The third-order valence-electron chi connectivity index (χ3n) is 5.57. The first-order valence-electron chi connectivity index (χ1n) is 10.9. The molecule has 0 aliphatic heterocycles. The second-order valence-corrected chi connectivity index (χ2v) is 9.27. The van der Waals surface area contributed by atoms with Crippen molar-refractivity contribution in [1.29, 1.82) is 0 Å². The summed E-state index contributed by atoms with van der Waals surface area (Å²) in [5, 5.41) is 16.4. The summed E-state index contributed by atoms with van der Waals surface area (Å²) < 4.78 is 2.97. The largest absolute Gasteiger partial charge is 0.366 e. The summed E-state index contributed by atoms with van der Waals surface area (Å²) in [4.78, 5) is 23.1. The van der Waals surface area contributed by atoms with E-state index in [0.717, 1.165) is 60.5 Å². The van der Waals surface area contributed by atoms with Crippen LogP contribution in [-0.4, -0.2) is 63.3 Å². The third-order valence-corrected chi connectivity index (χ3v) is 6.48. The van der Waals surface area contributed by atoms with E-state index in [4.69, 9.17) is 4.98 Å². The standard InChI is InChI=1S/C22H30N8OS/c1-4-19(31)24-15-5-7-16(8-6-15)25-21-20-18(9-12-32-20)27-22(28-21)26-17-13-23-30(14-17)11-10-29(2)3/h4,9,12-16H,1,5-8,10-11H2,2-3H3,(H,24,31)(H2,25,26,27,28)/t15-,16+. The van der Waals surface area contributed by atoms with Gasteiger partial charge in [-0.3, -0.25) is 9.48 Å². The molecule has 3 aromatic heterocycles. The summed E-state index contributed by atoms with van der Waals surface area (Å²) in [5.41, 5.74) is 1.78. The van der Waals surface area contributed by atoms with E-state index in [9.17, 15) is 4.79 Å². The van der Waals surface area contributed by atoms with Gasteiger partial charge in [-0.15, -0.1) is 11.3 Å². The zero-order valence-electron chi connectivity index (χ0n) is 18.5. The molecule has 9 nitrogen and oxygen atoms in total. The second kappa shape index (κ2) is 10.1. The van der Waals surface area contributed by atoms with Gasteiger partial charge in [0, 0.05) is 24.8 Å². The van der Waals surface area contributed by atoms with Crippen LogP contribution in [0.25, 0.3) is 10.2 Å². The number of thiophene rings is 1. The molecule has 0 bridgehead atoms. The number of likely N-dealkylation sites (N-methyl/N-ethyl adjacent to an activating group) is 1. The lowest BCUT2D eigenvalue weighted by Crippen LogP contribution is -2.39. The quantitative estimate of drug-likeness (QED) is 0.427. The number of hydrogen-bond donors (Lipinski definition) is 3. The van der Waals surface area contributed by atoms with Gasteiger partial charge in [-0.1, -0.05) is 6.58 Å². The number of aromatic nitrogens is 4. The number of amides is 1. The molecule has 4 rings (SSSR count).